The maximum atomic E-state index is 10.9. The van der Waals surface area contributed by atoms with Crippen LogP contribution in [0, 0.1) is 10.1 Å². The van der Waals surface area contributed by atoms with Crippen LogP contribution in [0.3, 0.4) is 0 Å². The van der Waals surface area contributed by atoms with Crippen molar-refractivity contribution in [3.8, 4) is 0 Å². The van der Waals surface area contributed by atoms with Crippen LogP contribution in [0.25, 0.3) is 0 Å². The Labute approximate surface area is 117 Å². The zero-order chi connectivity index (χ0) is 13.8. The molecule has 98 valence electrons. The number of thiophene rings is 1. The van der Waals surface area contributed by atoms with Gasteiger partial charge in [0, 0.05) is 22.0 Å². The average Bonchev–Trinajstić information content (AvgIpc) is 2.89. The number of hydrogen-bond acceptors (Lipinski definition) is 5. The van der Waals surface area contributed by atoms with Crippen molar-refractivity contribution < 1.29 is 4.92 Å². The van der Waals surface area contributed by atoms with Gasteiger partial charge in [-0.25, -0.2) is 0 Å². The molecule has 2 aromatic rings. The third-order valence-corrected chi connectivity index (χ3v) is 3.19. The molecule has 0 aliphatic carbocycles. The number of rotatable bonds is 4. The molecule has 8 heteroatoms. The van der Waals surface area contributed by atoms with E-state index in [9.17, 15) is 10.1 Å². The van der Waals surface area contributed by atoms with E-state index in [2.05, 4.69) is 10.5 Å². The molecule has 1 heterocycles. The maximum absolute atomic E-state index is 10.9. The second-order valence-electron chi connectivity index (χ2n) is 3.54. The van der Waals surface area contributed by atoms with Crippen LogP contribution < -0.4 is 11.2 Å². The summed E-state index contributed by atoms with van der Waals surface area (Å²) in [5, 5.41) is 18.8. The van der Waals surface area contributed by atoms with Crippen molar-refractivity contribution in [3.63, 3.8) is 0 Å². The Kier molecular flexibility index (Phi) is 3.98. The highest BCUT2D eigenvalue weighted by Gasteiger charge is 2.13. The molecule has 2 rings (SSSR count). The molecule has 0 fully saturated rings. The molecule has 0 unspecified atom stereocenters. The molecule has 0 bridgehead atoms. The molecule has 6 nitrogen and oxygen atoms in total. The Balaban J connectivity index is 2.26. The predicted molar refractivity (Wildman–Crippen MR) is 76.8 cm³/mol. The molecule has 0 spiro atoms. The molecule has 0 amide bonds. The second-order valence-corrected chi connectivity index (χ2v) is 4.76. The van der Waals surface area contributed by atoms with E-state index in [0.717, 1.165) is 5.56 Å². The van der Waals surface area contributed by atoms with Gasteiger partial charge in [0.05, 0.1) is 4.92 Å². The summed E-state index contributed by atoms with van der Waals surface area (Å²) in [6.45, 7) is 0. The van der Waals surface area contributed by atoms with Gasteiger partial charge in [0.25, 0.3) is 5.69 Å². The van der Waals surface area contributed by atoms with Gasteiger partial charge in [-0.15, -0.1) is 0 Å². The van der Waals surface area contributed by atoms with E-state index in [1.54, 1.807) is 6.07 Å². The molecule has 19 heavy (non-hydrogen) atoms. The van der Waals surface area contributed by atoms with E-state index in [1.165, 1.54) is 29.5 Å². The first-order valence-electron chi connectivity index (χ1n) is 5.13. The first kappa shape index (κ1) is 13.3. The minimum atomic E-state index is -0.519. The summed E-state index contributed by atoms with van der Waals surface area (Å²) in [6.07, 6.45) is 0. The molecule has 0 atom stereocenters. The number of hydrazone groups is 1. The fourth-order valence-electron chi connectivity index (χ4n) is 1.35. The number of anilines is 1. The predicted octanol–water partition coefficient (Wildman–Crippen LogP) is 3.04. The number of nitrogens with one attached hydrogen (secondary N) is 1. The minimum Gasteiger partial charge on any atom is -0.382 e. The maximum Gasteiger partial charge on any atom is 0.294 e. The van der Waals surface area contributed by atoms with Crippen LogP contribution in [0.2, 0.25) is 5.02 Å². The van der Waals surface area contributed by atoms with Gasteiger partial charge in [-0.1, -0.05) is 11.6 Å². The first-order chi connectivity index (χ1) is 9.08. The lowest BCUT2D eigenvalue weighted by Gasteiger charge is -2.03. The van der Waals surface area contributed by atoms with Crippen LogP contribution in [0.5, 0.6) is 0 Å². The number of hydrogen-bond donors (Lipinski definition) is 2. The molecule has 1 aromatic carbocycles. The zero-order valence-corrected chi connectivity index (χ0v) is 11.1. The van der Waals surface area contributed by atoms with E-state index < -0.39 is 4.92 Å². The topological polar surface area (TPSA) is 93.5 Å². The SMILES string of the molecule is N/C(=N/Nc1cc(Cl)ccc1[N+](=O)[O-])c1ccsc1. The summed E-state index contributed by atoms with van der Waals surface area (Å²) in [5.41, 5.74) is 9.13. The number of benzene rings is 1. The lowest BCUT2D eigenvalue weighted by Crippen LogP contribution is -2.14. The normalized spacial score (nSPS) is 11.3. The van der Waals surface area contributed by atoms with Gasteiger partial charge in [-0.3, -0.25) is 15.5 Å². The molecule has 0 aliphatic rings. The van der Waals surface area contributed by atoms with Gasteiger partial charge < -0.3 is 5.73 Å². The van der Waals surface area contributed by atoms with Crippen molar-refractivity contribution in [1.82, 2.24) is 0 Å². The largest absolute Gasteiger partial charge is 0.382 e. The quantitative estimate of drug-likeness (QED) is 0.392. The summed E-state index contributed by atoms with van der Waals surface area (Å²) in [5.74, 6) is 0.246. The summed E-state index contributed by atoms with van der Waals surface area (Å²) in [7, 11) is 0. The summed E-state index contributed by atoms with van der Waals surface area (Å²) < 4.78 is 0. The van der Waals surface area contributed by atoms with E-state index >= 15 is 0 Å². The lowest BCUT2D eigenvalue weighted by molar-refractivity contribution is -0.384. The van der Waals surface area contributed by atoms with Crippen LogP contribution in [-0.4, -0.2) is 10.8 Å². The highest BCUT2D eigenvalue weighted by molar-refractivity contribution is 7.08. The fraction of sp³-hybridized carbons (Fsp3) is 0. The molecular weight excluding hydrogens is 288 g/mol. The molecule has 0 aliphatic heterocycles. The van der Waals surface area contributed by atoms with Gasteiger partial charge in [-0.2, -0.15) is 16.4 Å². The van der Waals surface area contributed by atoms with E-state index in [0.29, 0.717) is 5.02 Å². The van der Waals surface area contributed by atoms with E-state index in [1.807, 2.05) is 10.8 Å². The Hall–Kier alpha value is -2.12. The summed E-state index contributed by atoms with van der Waals surface area (Å²) in [6, 6.07) is 5.97. The van der Waals surface area contributed by atoms with Crippen molar-refractivity contribution in [2.24, 2.45) is 10.8 Å². The smallest absolute Gasteiger partial charge is 0.294 e. The number of nitrogens with zero attached hydrogens (tertiary/aromatic N) is 2. The van der Waals surface area contributed by atoms with Crippen LogP contribution in [0.1, 0.15) is 5.56 Å². The van der Waals surface area contributed by atoms with E-state index in [-0.39, 0.29) is 17.2 Å². The lowest BCUT2D eigenvalue weighted by atomic mass is 10.3. The van der Waals surface area contributed by atoms with Gasteiger partial charge in [-0.05, 0) is 23.6 Å². The van der Waals surface area contributed by atoms with E-state index in [4.69, 9.17) is 17.3 Å². The third kappa shape index (κ3) is 3.21. The summed E-state index contributed by atoms with van der Waals surface area (Å²) >= 11 is 7.28. The molecule has 0 saturated heterocycles. The average molecular weight is 297 g/mol. The minimum absolute atomic E-state index is 0.119. The molecule has 3 N–H and O–H groups in total. The Morgan fingerprint density at radius 2 is 2.26 bits per heavy atom. The second kappa shape index (κ2) is 5.68. The number of nitro groups is 1. The van der Waals surface area contributed by atoms with Crippen molar-refractivity contribution in [2.45, 2.75) is 0 Å². The third-order valence-electron chi connectivity index (χ3n) is 2.27. The first-order valence-corrected chi connectivity index (χ1v) is 6.45. The zero-order valence-electron chi connectivity index (χ0n) is 9.54. The van der Waals surface area contributed by atoms with Gasteiger partial charge >= 0.3 is 0 Å². The number of amidine groups is 1. The van der Waals surface area contributed by atoms with Crippen LogP contribution in [-0.2, 0) is 0 Å². The fourth-order valence-corrected chi connectivity index (χ4v) is 2.17. The highest BCUT2D eigenvalue weighted by Crippen LogP contribution is 2.27. The number of halogens is 1. The highest BCUT2D eigenvalue weighted by atomic mass is 35.5. The van der Waals surface area contributed by atoms with Gasteiger partial charge in [0.15, 0.2) is 5.84 Å². The van der Waals surface area contributed by atoms with Gasteiger partial charge in [0.2, 0.25) is 0 Å². The Bertz CT molecular complexity index is 628. The van der Waals surface area contributed by atoms with Crippen molar-refractivity contribution in [1.29, 1.82) is 0 Å². The number of nitro benzene ring substituents is 1. The molecular formula is C11H9ClN4O2S. The Morgan fingerprint density at radius 3 is 2.89 bits per heavy atom. The van der Waals surface area contributed by atoms with Crippen molar-refractivity contribution in [3.05, 3.63) is 55.7 Å². The molecule has 0 saturated carbocycles. The molecule has 1 aromatic heterocycles. The van der Waals surface area contributed by atoms with Crippen LogP contribution >= 0.6 is 22.9 Å². The Morgan fingerprint density at radius 1 is 1.47 bits per heavy atom. The van der Waals surface area contributed by atoms with Crippen LogP contribution in [0.4, 0.5) is 11.4 Å². The molecule has 0 radical (unpaired) electrons. The van der Waals surface area contributed by atoms with Gasteiger partial charge in [0.1, 0.15) is 5.69 Å². The van der Waals surface area contributed by atoms with Crippen molar-refractivity contribution >= 4 is 40.1 Å². The monoisotopic (exact) mass is 296 g/mol. The van der Waals surface area contributed by atoms with Crippen molar-refractivity contribution in [2.75, 3.05) is 5.43 Å². The standard InChI is InChI=1S/C11H9ClN4O2S/c12-8-1-2-10(16(17)18)9(5-8)14-15-11(13)7-3-4-19-6-7/h1-6,14H,(H2,13,15). The summed E-state index contributed by atoms with van der Waals surface area (Å²) in [4.78, 5) is 10.3. The van der Waals surface area contributed by atoms with Crippen LogP contribution in [0.15, 0.2) is 40.1 Å². The number of nitrogens with two attached hydrogens (primary N) is 1.